The van der Waals surface area contributed by atoms with E-state index in [-0.39, 0.29) is 30.8 Å². The Morgan fingerprint density at radius 1 is 1.22 bits per heavy atom. The van der Waals surface area contributed by atoms with Crippen LogP contribution in [0, 0.1) is 5.92 Å². The third-order valence-electron chi connectivity index (χ3n) is 3.80. The van der Waals surface area contributed by atoms with E-state index in [2.05, 4.69) is 15.9 Å². The lowest BCUT2D eigenvalue weighted by Crippen LogP contribution is -2.44. The molecule has 1 fully saturated rings. The fourth-order valence-corrected chi connectivity index (χ4v) is 4.82. The third-order valence-corrected chi connectivity index (χ3v) is 6.40. The second-order valence-corrected chi connectivity index (χ2v) is 8.20. The molecule has 1 aromatic rings. The van der Waals surface area contributed by atoms with Crippen molar-refractivity contribution in [2.45, 2.75) is 23.9 Å². The van der Waals surface area contributed by atoms with Crippen molar-refractivity contribution in [3.05, 3.63) is 28.7 Å². The van der Waals surface area contributed by atoms with Crippen LogP contribution in [0.5, 0.6) is 0 Å². The zero-order chi connectivity index (χ0) is 17.3. The van der Waals surface area contributed by atoms with Gasteiger partial charge in [-0.2, -0.15) is 13.2 Å². The van der Waals surface area contributed by atoms with Crippen LogP contribution in [0.15, 0.2) is 33.6 Å². The first-order valence-corrected chi connectivity index (χ1v) is 9.37. The van der Waals surface area contributed by atoms with E-state index in [0.29, 0.717) is 4.47 Å². The number of benzene rings is 1. The number of carbonyl (C=O) groups excluding carboxylic acids is 1. The van der Waals surface area contributed by atoms with Crippen molar-refractivity contribution in [1.82, 2.24) is 4.90 Å². The Morgan fingerprint density at radius 3 is 2.30 bits per heavy atom. The number of alkyl halides is 3. The molecule has 1 aliphatic rings. The maximum Gasteiger partial charge on any atom is 0.391 e. The van der Waals surface area contributed by atoms with Gasteiger partial charge in [0.15, 0.2) is 9.84 Å². The van der Waals surface area contributed by atoms with Gasteiger partial charge in [-0.1, -0.05) is 12.1 Å². The largest absolute Gasteiger partial charge is 0.391 e. The van der Waals surface area contributed by atoms with Crippen LogP contribution in [-0.2, 0) is 14.6 Å². The molecule has 0 bridgehead atoms. The first kappa shape index (κ1) is 18.3. The van der Waals surface area contributed by atoms with E-state index in [4.69, 9.17) is 0 Å². The second-order valence-electron chi connectivity index (χ2n) is 5.39. The molecule has 1 aliphatic heterocycles. The number of hydrogen-bond donors (Lipinski definition) is 0. The first-order valence-electron chi connectivity index (χ1n) is 6.93. The molecule has 0 aromatic heterocycles. The molecule has 128 valence electrons. The van der Waals surface area contributed by atoms with Crippen molar-refractivity contribution >= 4 is 31.7 Å². The SMILES string of the molecule is O=C(CS(=O)(=O)c1ccccc1Br)N1CCC(C(F)(F)F)CC1. The van der Waals surface area contributed by atoms with Crippen LogP contribution in [0.4, 0.5) is 13.2 Å². The van der Waals surface area contributed by atoms with Gasteiger partial charge in [0.25, 0.3) is 0 Å². The van der Waals surface area contributed by atoms with E-state index in [1.807, 2.05) is 0 Å². The molecule has 0 saturated carbocycles. The molecule has 2 rings (SSSR count). The number of likely N-dealkylation sites (tertiary alicyclic amines) is 1. The maximum absolute atomic E-state index is 12.6. The Bertz CT molecular complexity index is 683. The minimum Gasteiger partial charge on any atom is -0.342 e. The van der Waals surface area contributed by atoms with Gasteiger partial charge in [-0.3, -0.25) is 4.79 Å². The molecule has 0 spiro atoms. The molecule has 9 heteroatoms. The number of amides is 1. The molecule has 1 aromatic carbocycles. The summed E-state index contributed by atoms with van der Waals surface area (Å²) in [6.07, 6.45) is -4.65. The summed E-state index contributed by atoms with van der Waals surface area (Å²) in [4.78, 5) is 13.3. The second kappa shape index (κ2) is 6.80. The van der Waals surface area contributed by atoms with E-state index in [1.165, 1.54) is 17.0 Å². The number of hydrogen-bond acceptors (Lipinski definition) is 3. The van der Waals surface area contributed by atoms with Gasteiger partial charge in [-0.15, -0.1) is 0 Å². The Balaban J connectivity index is 2.02. The van der Waals surface area contributed by atoms with Gasteiger partial charge in [0.1, 0.15) is 5.75 Å². The molecule has 1 amide bonds. The van der Waals surface area contributed by atoms with Gasteiger partial charge >= 0.3 is 6.18 Å². The number of halogens is 4. The molecular formula is C14H15BrF3NO3S. The molecule has 4 nitrogen and oxygen atoms in total. The van der Waals surface area contributed by atoms with Crippen LogP contribution in [0.2, 0.25) is 0 Å². The third kappa shape index (κ3) is 4.47. The highest BCUT2D eigenvalue weighted by Crippen LogP contribution is 2.34. The average molecular weight is 414 g/mol. The average Bonchev–Trinajstić information content (AvgIpc) is 2.46. The predicted molar refractivity (Wildman–Crippen MR) is 81.6 cm³/mol. The van der Waals surface area contributed by atoms with Crippen molar-refractivity contribution < 1.29 is 26.4 Å². The highest BCUT2D eigenvalue weighted by atomic mass is 79.9. The summed E-state index contributed by atoms with van der Waals surface area (Å²) in [7, 11) is -3.84. The van der Waals surface area contributed by atoms with E-state index >= 15 is 0 Å². The van der Waals surface area contributed by atoms with Crippen molar-refractivity contribution in [3.8, 4) is 0 Å². The van der Waals surface area contributed by atoms with Gasteiger partial charge in [0.05, 0.1) is 10.8 Å². The van der Waals surface area contributed by atoms with Gasteiger partial charge in [-0.25, -0.2) is 8.42 Å². The summed E-state index contributed by atoms with van der Waals surface area (Å²) in [5.41, 5.74) is 0. The predicted octanol–water partition coefficient (Wildman–Crippen LogP) is 3.02. The highest BCUT2D eigenvalue weighted by molar-refractivity contribution is 9.10. The quantitative estimate of drug-likeness (QED) is 0.764. The molecule has 23 heavy (non-hydrogen) atoms. The lowest BCUT2D eigenvalue weighted by Gasteiger charge is -2.32. The minimum atomic E-state index is -4.27. The summed E-state index contributed by atoms with van der Waals surface area (Å²) < 4.78 is 62.7. The van der Waals surface area contributed by atoms with Crippen LogP contribution < -0.4 is 0 Å². The number of sulfone groups is 1. The molecule has 1 saturated heterocycles. The Labute approximate surface area is 140 Å². The molecule has 0 atom stereocenters. The lowest BCUT2D eigenvalue weighted by atomic mass is 9.96. The van der Waals surface area contributed by atoms with Gasteiger partial charge < -0.3 is 4.90 Å². The normalized spacial score (nSPS) is 17.3. The molecule has 0 unspecified atom stereocenters. The Kier molecular flexibility index (Phi) is 5.40. The fraction of sp³-hybridized carbons (Fsp3) is 0.500. The van der Waals surface area contributed by atoms with Crippen molar-refractivity contribution in [3.63, 3.8) is 0 Å². The topological polar surface area (TPSA) is 54.5 Å². The minimum absolute atomic E-state index is 0.00136. The standard InChI is InChI=1S/C14H15BrF3NO3S/c15-11-3-1-2-4-12(11)23(21,22)9-13(20)19-7-5-10(6-8-19)14(16,17)18/h1-4,10H,5-9H2. The number of rotatable bonds is 3. The zero-order valence-electron chi connectivity index (χ0n) is 12.0. The van der Waals surface area contributed by atoms with E-state index in [1.54, 1.807) is 12.1 Å². The van der Waals surface area contributed by atoms with Gasteiger partial charge in [-0.05, 0) is 40.9 Å². The molecule has 0 aliphatic carbocycles. The van der Waals surface area contributed by atoms with Gasteiger partial charge in [0, 0.05) is 17.6 Å². The molecule has 1 heterocycles. The lowest BCUT2D eigenvalue weighted by molar-refractivity contribution is -0.186. The molecular weight excluding hydrogens is 399 g/mol. The van der Waals surface area contributed by atoms with E-state index < -0.39 is 33.6 Å². The van der Waals surface area contributed by atoms with Crippen molar-refractivity contribution in [2.75, 3.05) is 18.8 Å². The zero-order valence-corrected chi connectivity index (χ0v) is 14.4. The summed E-state index contributed by atoms with van der Waals surface area (Å²) in [6.45, 7) is -0.150. The fourth-order valence-electron chi connectivity index (χ4n) is 2.48. The van der Waals surface area contributed by atoms with Crippen LogP contribution in [0.1, 0.15) is 12.8 Å². The van der Waals surface area contributed by atoms with Crippen LogP contribution in [0.25, 0.3) is 0 Å². The number of piperidine rings is 1. The Morgan fingerprint density at radius 2 is 1.78 bits per heavy atom. The summed E-state index contributed by atoms with van der Waals surface area (Å²) >= 11 is 3.12. The number of carbonyl (C=O) groups is 1. The van der Waals surface area contributed by atoms with E-state index in [9.17, 15) is 26.4 Å². The van der Waals surface area contributed by atoms with Crippen LogP contribution >= 0.6 is 15.9 Å². The number of nitrogens with zero attached hydrogens (tertiary/aromatic N) is 1. The molecule has 0 radical (unpaired) electrons. The summed E-state index contributed by atoms with van der Waals surface area (Å²) in [6, 6.07) is 6.11. The smallest absolute Gasteiger partial charge is 0.342 e. The van der Waals surface area contributed by atoms with Gasteiger partial charge in [0.2, 0.25) is 5.91 Å². The first-order chi connectivity index (χ1) is 10.6. The highest BCUT2D eigenvalue weighted by Gasteiger charge is 2.42. The monoisotopic (exact) mass is 413 g/mol. The van der Waals surface area contributed by atoms with Crippen LogP contribution in [0.3, 0.4) is 0 Å². The summed E-state index contributed by atoms with van der Waals surface area (Å²) in [5.74, 6) is -2.83. The van der Waals surface area contributed by atoms with E-state index in [0.717, 1.165) is 0 Å². The Hall–Kier alpha value is -1.09. The maximum atomic E-state index is 12.6. The van der Waals surface area contributed by atoms with Crippen molar-refractivity contribution in [2.24, 2.45) is 5.92 Å². The molecule has 0 N–H and O–H groups in total. The van der Waals surface area contributed by atoms with Crippen LogP contribution in [-0.4, -0.2) is 44.2 Å². The van der Waals surface area contributed by atoms with Crippen molar-refractivity contribution in [1.29, 1.82) is 0 Å². The summed E-state index contributed by atoms with van der Waals surface area (Å²) in [5, 5.41) is 0.